The van der Waals surface area contributed by atoms with Gasteiger partial charge >= 0.3 is 6.03 Å². The Bertz CT molecular complexity index is 766. The van der Waals surface area contributed by atoms with E-state index in [1.165, 1.54) is 18.3 Å². The fraction of sp³-hybridized carbons (Fsp3) is 0.400. The van der Waals surface area contributed by atoms with Gasteiger partial charge in [-0.2, -0.15) is 0 Å². The van der Waals surface area contributed by atoms with Crippen LogP contribution in [0.2, 0.25) is 0 Å². The molecule has 2 aromatic rings. The van der Waals surface area contributed by atoms with E-state index < -0.39 is 5.82 Å². The van der Waals surface area contributed by atoms with E-state index in [1.807, 2.05) is 6.92 Å². The van der Waals surface area contributed by atoms with E-state index in [-0.39, 0.29) is 23.8 Å². The number of ether oxygens (including phenoxy) is 2. The van der Waals surface area contributed by atoms with Crippen LogP contribution in [0.4, 0.5) is 14.9 Å². The third-order valence-electron chi connectivity index (χ3n) is 4.42. The highest BCUT2D eigenvalue weighted by atomic mass is 19.1. The lowest BCUT2D eigenvalue weighted by Crippen LogP contribution is -2.41. The fourth-order valence-electron chi connectivity index (χ4n) is 2.95. The van der Waals surface area contributed by atoms with Crippen molar-refractivity contribution in [1.82, 2.24) is 9.88 Å². The van der Waals surface area contributed by atoms with Crippen molar-refractivity contribution in [3.63, 3.8) is 0 Å². The number of nitrogens with zero attached hydrogens (tertiary/aromatic N) is 2. The number of para-hydroxylation sites is 1. The lowest BCUT2D eigenvalue weighted by Gasteiger charge is -2.29. The second-order valence-electron chi connectivity index (χ2n) is 6.35. The summed E-state index contributed by atoms with van der Waals surface area (Å²) in [6, 6.07) is 9.15. The van der Waals surface area contributed by atoms with Gasteiger partial charge in [-0.1, -0.05) is 12.1 Å². The SMILES string of the molecule is CCN(C[C@H]1CCCCO1)C(=O)Nc1cccnc1Oc1ccccc1F. The number of halogens is 1. The topological polar surface area (TPSA) is 63.7 Å². The van der Waals surface area contributed by atoms with Gasteiger partial charge in [0.1, 0.15) is 5.69 Å². The molecule has 0 spiro atoms. The quantitative estimate of drug-likeness (QED) is 0.813. The molecule has 2 amide bonds. The second-order valence-corrected chi connectivity index (χ2v) is 6.35. The molecule has 6 nitrogen and oxygen atoms in total. The van der Waals surface area contributed by atoms with Crippen molar-refractivity contribution in [2.75, 3.05) is 25.0 Å². The molecule has 27 heavy (non-hydrogen) atoms. The third kappa shape index (κ3) is 5.17. The van der Waals surface area contributed by atoms with E-state index in [2.05, 4.69) is 10.3 Å². The van der Waals surface area contributed by atoms with E-state index in [9.17, 15) is 9.18 Å². The molecule has 1 aliphatic rings. The van der Waals surface area contributed by atoms with Crippen molar-refractivity contribution >= 4 is 11.7 Å². The normalized spacial score (nSPS) is 16.6. The molecule has 0 bridgehead atoms. The molecular formula is C20H24FN3O3. The molecule has 0 unspecified atom stereocenters. The molecule has 1 fully saturated rings. The fourth-order valence-corrected chi connectivity index (χ4v) is 2.95. The van der Waals surface area contributed by atoms with Crippen molar-refractivity contribution in [2.45, 2.75) is 32.3 Å². The summed E-state index contributed by atoms with van der Waals surface area (Å²) < 4.78 is 25.1. The van der Waals surface area contributed by atoms with Crippen LogP contribution in [-0.4, -0.2) is 41.7 Å². The minimum absolute atomic E-state index is 0.0506. The van der Waals surface area contributed by atoms with Crippen LogP contribution in [-0.2, 0) is 4.74 Å². The molecule has 2 heterocycles. The summed E-state index contributed by atoms with van der Waals surface area (Å²) in [4.78, 5) is 18.5. The summed E-state index contributed by atoms with van der Waals surface area (Å²) in [7, 11) is 0. The summed E-state index contributed by atoms with van der Waals surface area (Å²) in [5.41, 5.74) is 0.383. The van der Waals surface area contributed by atoms with Crippen molar-refractivity contribution in [1.29, 1.82) is 0 Å². The zero-order valence-electron chi connectivity index (χ0n) is 15.4. The van der Waals surface area contributed by atoms with E-state index >= 15 is 0 Å². The smallest absolute Gasteiger partial charge is 0.322 e. The molecule has 144 valence electrons. The van der Waals surface area contributed by atoms with Crippen LogP contribution in [0, 0.1) is 5.82 Å². The Balaban J connectivity index is 1.68. The molecule has 1 aliphatic heterocycles. The molecule has 1 aromatic carbocycles. The lowest BCUT2D eigenvalue weighted by molar-refractivity contribution is 0.00221. The number of hydrogen-bond acceptors (Lipinski definition) is 4. The Morgan fingerprint density at radius 1 is 1.33 bits per heavy atom. The minimum atomic E-state index is -0.495. The number of benzene rings is 1. The largest absolute Gasteiger partial charge is 0.434 e. The molecule has 0 radical (unpaired) electrons. The Labute approximate surface area is 158 Å². The van der Waals surface area contributed by atoms with Gasteiger partial charge in [-0.05, 0) is 50.5 Å². The van der Waals surface area contributed by atoms with Crippen LogP contribution < -0.4 is 10.1 Å². The monoisotopic (exact) mass is 373 g/mol. The third-order valence-corrected chi connectivity index (χ3v) is 4.42. The molecule has 1 N–H and O–H groups in total. The zero-order valence-corrected chi connectivity index (χ0v) is 15.4. The standard InChI is InChI=1S/C20H24FN3O3/c1-2-24(14-15-8-5-6-13-26-15)20(25)23-17-10-7-12-22-19(17)27-18-11-4-3-9-16(18)21/h3-4,7,9-12,15H,2,5-6,8,13-14H2,1H3,(H,23,25)/t15-/m1/s1. The average molecular weight is 373 g/mol. The van der Waals surface area contributed by atoms with Gasteiger partial charge in [0.15, 0.2) is 11.6 Å². The Hall–Kier alpha value is -2.67. The molecule has 1 aromatic heterocycles. The predicted octanol–water partition coefficient (Wildman–Crippen LogP) is 4.44. The van der Waals surface area contributed by atoms with Crippen LogP contribution in [0.1, 0.15) is 26.2 Å². The first-order chi connectivity index (χ1) is 13.2. The van der Waals surface area contributed by atoms with Crippen LogP contribution in [0.25, 0.3) is 0 Å². The van der Waals surface area contributed by atoms with Gasteiger partial charge in [-0.15, -0.1) is 0 Å². The summed E-state index contributed by atoms with van der Waals surface area (Å²) in [6.07, 6.45) is 4.74. The number of anilines is 1. The first-order valence-corrected chi connectivity index (χ1v) is 9.22. The number of carbonyl (C=O) groups is 1. The highest BCUT2D eigenvalue weighted by molar-refractivity contribution is 5.90. The predicted molar refractivity (Wildman–Crippen MR) is 101 cm³/mol. The maximum atomic E-state index is 13.9. The van der Waals surface area contributed by atoms with Crippen molar-refractivity contribution < 1.29 is 18.7 Å². The number of rotatable bonds is 6. The molecule has 1 saturated heterocycles. The number of nitrogens with one attached hydrogen (secondary N) is 1. The summed E-state index contributed by atoms with van der Waals surface area (Å²) in [5, 5.41) is 2.81. The van der Waals surface area contributed by atoms with E-state index in [0.717, 1.165) is 25.9 Å². The van der Waals surface area contributed by atoms with Crippen molar-refractivity contribution in [3.05, 3.63) is 48.4 Å². The maximum absolute atomic E-state index is 13.9. The van der Waals surface area contributed by atoms with Gasteiger partial charge in [0, 0.05) is 25.9 Å². The average Bonchev–Trinajstić information content (AvgIpc) is 2.70. The van der Waals surface area contributed by atoms with Crippen molar-refractivity contribution in [2.24, 2.45) is 0 Å². The van der Waals surface area contributed by atoms with E-state index in [4.69, 9.17) is 9.47 Å². The van der Waals surface area contributed by atoms with Gasteiger partial charge in [0.25, 0.3) is 0 Å². The highest BCUT2D eigenvalue weighted by Gasteiger charge is 2.21. The van der Waals surface area contributed by atoms with Crippen LogP contribution in [0.5, 0.6) is 11.6 Å². The summed E-state index contributed by atoms with van der Waals surface area (Å²) >= 11 is 0. The highest BCUT2D eigenvalue weighted by Crippen LogP contribution is 2.28. The minimum Gasteiger partial charge on any atom is -0.434 e. The lowest BCUT2D eigenvalue weighted by atomic mass is 10.1. The van der Waals surface area contributed by atoms with Gasteiger partial charge in [-0.3, -0.25) is 0 Å². The Kier molecular flexibility index (Phi) is 6.59. The number of amides is 2. The molecule has 0 saturated carbocycles. The zero-order chi connectivity index (χ0) is 19.1. The number of pyridine rings is 1. The number of urea groups is 1. The number of aromatic nitrogens is 1. The van der Waals surface area contributed by atoms with Crippen molar-refractivity contribution in [3.8, 4) is 11.6 Å². The number of hydrogen-bond donors (Lipinski definition) is 1. The van der Waals surface area contributed by atoms with Gasteiger partial charge < -0.3 is 19.7 Å². The van der Waals surface area contributed by atoms with Gasteiger partial charge in [-0.25, -0.2) is 14.2 Å². The van der Waals surface area contributed by atoms with E-state index in [1.54, 1.807) is 29.2 Å². The molecule has 0 aliphatic carbocycles. The molecule has 3 rings (SSSR count). The Morgan fingerprint density at radius 3 is 2.93 bits per heavy atom. The van der Waals surface area contributed by atoms with Gasteiger partial charge in [0.05, 0.1) is 6.10 Å². The van der Waals surface area contributed by atoms with Crippen LogP contribution >= 0.6 is 0 Å². The second kappa shape index (κ2) is 9.32. The Morgan fingerprint density at radius 2 is 2.19 bits per heavy atom. The first kappa shape index (κ1) is 19.1. The molecule has 7 heteroatoms. The first-order valence-electron chi connectivity index (χ1n) is 9.22. The molecule has 1 atom stereocenters. The summed E-state index contributed by atoms with van der Waals surface area (Å²) in [6.45, 7) is 3.75. The van der Waals surface area contributed by atoms with Crippen LogP contribution in [0.15, 0.2) is 42.6 Å². The van der Waals surface area contributed by atoms with Gasteiger partial charge in [0.2, 0.25) is 5.88 Å². The maximum Gasteiger partial charge on any atom is 0.322 e. The van der Waals surface area contributed by atoms with E-state index in [0.29, 0.717) is 18.8 Å². The molecular weight excluding hydrogens is 349 g/mol. The number of likely N-dealkylation sites (N-methyl/N-ethyl adjacent to an activating group) is 1. The summed E-state index contributed by atoms with van der Waals surface area (Å²) in [5.74, 6) is -0.305. The number of carbonyl (C=O) groups excluding carboxylic acids is 1. The van der Waals surface area contributed by atoms with Crippen LogP contribution in [0.3, 0.4) is 0 Å².